The summed E-state index contributed by atoms with van der Waals surface area (Å²) in [4.78, 5) is 13.7. The van der Waals surface area contributed by atoms with Gasteiger partial charge < -0.3 is 20.1 Å². The van der Waals surface area contributed by atoms with Crippen LogP contribution in [0.2, 0.25) is 0 Å². The number of halogens is 3. The molecule has 8 heteroatoms. The fourth-order valence-electron chi connectivity index (χ4n) is 4.50. The predicted molar refractivity (Wildman–Crippen MR) is 102 cm³/mol. The normalized spacial score (nSPS) is 28.2. The Labute approximate surface area is 169 Å². The molecule has 2 fully saturated rings. The second-order valence-corrected chi connectivity index (χ2v) is 7.98. The first-order valence-electron chi connectivity index (χ1n) is 10.2. The van der Waals surface area contributed by atoms with Gasteiger partial charge in [0.05, 0.1) is 18.8 Å². The minimum absolute atomic E-state index is 0.0127. The first-order valence-corrected chi connectivity index (χ1v) is 10.2. The average Bonchev–Trinajstić information content (AvgIpc) is 2.66. The quantitative estimate of drug-likeness (QED) is 0.792. The Hall–Kier alpha value is -1.80. The number of rotatable bonds is 5. The van der Waals surface area contributed by atoms with Crippen LogP contribution in [0.25, 0.3) is 0 Å². The Kier molecular flexibility index (Phi) is 7.05. The summed E-state index contributed by atoms with van der Waals surface area (Å²) in [6.07, 6.45) is 0.0940. The van der Waals surface area contributed by atoms with Crippen LogP contribution in [0.3, 0.4) is 0 Å². The molecule has 0 aromatic heterocycles. The number of benzene rings is 1. The smallest absolute Gasteiger partial charge is 0.405 e. The highest BCUT2D eigenvalue weighted by Crippen LogP contribution is 2.39. The van der Waals surface area contributed by atoms with E-state index in [4.69, 9.17) is 10.5 Å². The molecule has 5 nitrogen and oxygen atoms in total. The standard InChI is InChI=1S/C21H29F3N2O3/c1-14(27)26-12-4-6-18(25)19(26)13-28-16-10-8-15(9-11-16)17-5-2-3-7-20(17)29-21(22,23)24/h2-3,5,7,15-16,18-19H,4,6,8-13,25H2,1H3/t15-,16+,18-,19?/m0/s1. The molecule has 2 aliphatic rings. The fourth-order valence-corrected chi connectivity index (χ4v) is 4.50. The number of nitrogens with zero attached hydrogens (tertiary/aromatic N) is 1. The van der Waals surface area contributed by atoms with Crippen molar-refractivity contribution in [2.24, 2.45) is 5.73 Å². The number of alkyl halides is 3. The number of ether oxygens (including phenoxy) is 2. The van der Waals surface area contributed by atoms with E-state index in [1.54, 1.807) is 30.0 Å². The third kappa shape index (κ3) is 5.85. The molecule has 1 aliphatic carbocycles. The lowest BCUT2D eigenvalue weighted by Crippen LogP contribution is -2.56. The summed E-state index contributed by atoms with van der Waals surface area (Å²) in [5.74, 6) is -0.0903. The van der Waals surface area contributed by atoms with Gasteiger partial charge in [-0.25, -0.2) is 0 Å². The number of nitrogens with two attached hydrogens (primary N) is 1. The minimum Gasteiger partial charge on any atom is -0.405 e. The van der Waals surface area contributed by atoms with Gasteiger partial charge >= 0.3 is 6.36 Å². The Morgan fingerprint density at radius 3 is 2.52 bits per heavy atom. The molecule has 2 N–H and O–H groups in total. The number of hydrogen-bond acceptors (Lipinski definition) is 4. The van der Waals surface area contributed by atoms with Gasteiger partial charge in [-0.1, -0.05) is 18.2 Å². The number of para-hydroxylation sites is 1. The largest absolute Gasteiger partial charge is 0.573 e. The molecule has 1 aliphatic heterocycles. The maximum atomic E-state index is 12.7. The molecule has 1 saturated heterocycles. The van der Waals surface area contributed by atoms with Gasteiger partial charge in [-0.05, 0) is 56.1 Å². The molecule has 3 rings (SSSR count). The highest BCUT2D eigenvalue weighted by molar-refractivity contribution is 5.73. The third-order valence-corrected chi connectivity index (χ3v) is 6.00. The molecule has 1 amide bonds. The van der Waals surface area contributed by atoms with Crippen molar-refractivity contribution < 1.29 is 27.4 Å². The molecule has 1 saturated carbocycles. The number of hydrogen-bond donors (Lipinski definition) is 1. The summed E-state index contributed by atoms with van der Waals surface area (Å²) < 4.78 is 48.3. The van der Waals surface area contributed by atoms with Crippen molar-refractivity contribution in [2.75, 3.05) is 13.2 Å². The SMILES string of the molecule is CC(=O)N1CCC[C@H](N)C1CO[C@H]1CC[C@@H](c2ccccc2OC(F)(F)F)CC1. The van der Waals surface area contributed by atoms with Crippen molar-refractivity contribution in [2.45, 2.75) is 75.9 Å². The van der Waals surface area contributed by atoms with Crippen LogP contribution in [-0.4, -0.2) is 48.5 Å². The highest BCUT2D eigenvalue weighted by Gasteiger charge is 2.35. The van der Waals surface area contributed by atoms with Crippen LogP contribution in [0, 0.1) is 0 Å². The van der Waals surface area contributed by atoms with Gasteiger partial charge in [0.2, 0.25) is 5.91 Å². The van der Waals surface area contributed by atoms with Gasteiger partial charge in [-0.15, -0.1) is 13.2 Å². The van der Waals surface area contributed by atoms with E-state index in [0.29, 0.717) is 18.7 Å². The van der Waals surface area contributed by atoms with Gasteiger partial charge in [-0.2, -0.15) is 0 Å². The number of likely N-dealkylation sites (tertiary alicyclic amines) is 1. The topological polar surface area (TPSA) is 64.8 Å². The molecule has 1 unspecified atom stereocenters. The number of carbonyl (C=O) groups is 1. The van der Waals surface area contributed by atoms with Crippen LogP contribution in [0.1, 0.15) is 56.9 Å². The van der Waals surface area contributed by atoms with Crippen LogP contribution in [0.5, 0.6) is 5.75 Å². The molecular weight excluding hydrogens is 385 g/mol. The zero-order valence-electron chi connectivity index (χ0n) is 16.7. The van der Waals surface area contributed by atoms with E-state index in [9.17, 15) is 18.0 Å². The maximum Gasteiger partial charge on any atom is 0.573 e. The van der Waals surface area contributed by atoms with E-state index in [2.05, 4.69) is 4.74 Å². The molecule has 29 heavy (non-hydrogen) atoms. The predicted octanol–water partition coefficient (Wildman–Crippen LogP) is 3.97. The molecule has 1 aromatic rings. The summed E-state index contributed by atoms with van der Waals surface area (Å²) in [6, 6.07) is 6.16. The molecule has 162 valence electrons. The van der Waals surface area contributed by atoms with Gasteiger partial charge in [0.1, 0.15) is 5.75 Å². The Bertz CT molecular complexity index is 690. The second-order valence-electron chi connectivity index (χ2n) is 7.98. The van der Waals surface area contributed by atoms with Crippen molar-refractivity contribution >= 4 is 5.91 Å². The van der Waals surface area contributed by atoms with Crippen molar-refractivity contribution in [3.63, 3.8) is 0 Å². The van der Waals surface area contributed by atoms with Gasteiger partial charge in [-0.3, -0.25) is 4.79 Å². The lowest BCUT2D eigenvalue weighted by atomic mass is 9.82. The van der Waals surface area contributed by atoms with Crippen molar-refractivity contribution in [1.82, 2.24) is 4.90 Å². The fraction of sp³-hybridized carbons (Fsp3) is 0.667. The third-order valence-electron chi connectivity index (χ3n) is 6.00. The summed E-state index contributed by atoms with van der Waals surface area (Å²) >= 11 is 0. The first kappa shape index (κ1) is 21.9. The summed E-state index contributed by atoms with van der Waals surface area (Å²) in [5, 5.41) is 0. The highest BCUT2D eigenvalue weighted by atomic mass is 19.4. The number of carbonyl (C=O) groups excluding carboxylic acids is 1. The van der Waals surface area contributed by atoms with Crippen LogP contribution < -0.4 is 10.5 Å². The lowest BCUT2D eigenvalue weighted by Gasteiger charge is -2.40. The zero-order chi connectivity index (χ0) is 21.0. The van der Waals surface area contributed by atoms with Crippen LogP contribution >= 0.6 is 0 Å². The second kappa shape index (κ2) is 9.34. The number of amides is 1. The Morgan fingerprint density at radius 1 is 1.17 bits per heavy atom. The van der Waals surface area contributed by atoms with Crippen molar-refractivity contribution in [3.8, 4) is 5.75 Å². The van der Waals surface area contributed by atoms with E-state index in [0.717, 1.165) is 38.5 Å². The molecule has 0 bridgehead atoms. The molecule has 0 spiro atoms. The summed E-state index contributed by atoms with van der Waals surface area (Å²) in [6.45, 7) is 2.67. The van der Waals surface area contributed by atoms with Crippen LogP contribution in [0.4, 0.5) is 13.2 Å². The van der Waals surface area contributed by atoms with E-state index in [-0.39, 0.29) is 35.8 Å². The lowest BCUT2D eigenvalue weighted by molar-refractivity contribution is -0.275. The van der Waals surface area contributed by atoms with E-state index in [1.165, 1.54) is 6.07 Å². The van der Waals surface area contributed by atoms with Crippen LogP contribution in [-0.2, 0) is 9.53 Å². The Balaban J connectivity index is 1.54. The van der Waals surface area contributed by atoms with Gasteiger partial charge in [0.25, 0.3) is 0 Å². The van der Waals surface area contributed by atoms with Gasteiger partial charge in [0.15, 0.2) is 0 Å². The van der Waals surface area contributed by atoms with Crippen molar-refractivity contribution in [1.29, 1.82) is 0 Å². The monoisotopic (exact) mass is 414 g/mol. The minimum atomic E-state index is -4.70. The molecule has 1 aromatic carbocycles. The summed E-state index contributed by atoms with van der Waals surface area (Å²) in [7, 11) is 0. The molecule has 0 radical (unpaired) electrons. The molecule has 1 heterocycles. The average molecular weight is 414 g/mol. The van der Waals surface area contributed by atoms with E-state index < -0.39 is 6.36 Å². The van der Waals surface area contributed by atoms with Gasteiger partial charge in [0, 0.05) is 19.5 Å². The molecular formula is C21H29F3N2O3. The zero-order valence-corrected chi connectivity index (χ0v) is 16.7. The van der Waals surface area contributed by atoms with E-state index in [1.807, 2.05) is 0 Å². The Morgan fingerprint density at radius 2 is 1.86 bits per heavy atom. The van der Waals surface area contributed by atoms with Crippen molar-refractivity contribution in [3.05, 3.63) is 29.8 Å². The van der Waals surface area contributed by atoms with E-state index >= 15 is 0 Å². The number of piperidine rings is 1. The molecule has 2 atom stereocenters. The van der Waals surface area contributed by atoms with Crippen LogP contribution in [0.15, 0.2) is 24.3 Å². The maximum absolute atomic E-state index is 12.7. The first-order chi connectivity index (χ1) is 13.7. The summed E-state index contributed by atoms with van der Waals surface area (Å²) in [5.41, 5.74) is 6.81.